The van der Waals surface area contributed by atoms with Crippen LogP contribution in [-0.2, 0) is 30.7 Å². The van der Waals surface area contributed by atoms with Gasteiger partial charge in [0.2, 0.25) is 0 Å². The SMILES string of the molecule is N#CC(Cl)(Cl)Cl.N#CC(Cl)(Cl)Cl.N#CC(Cl)(Cl)Cl.N#CC(Cl)(Cl)Cl.[C]=O.[C]=O.[W]. The monoisotopic (exact) mass is 812 g/mol. The Kier molecular flexibility index (Phi) is 45.6. The van der Waals surface area contributed by atoms with Crippen molar-refractivity contribution >= 4 is 153 Å². The molecule has 19 heteroatoms. The molecule has 0 N–H and O–H groups in total. The zero-order chi connectivity index (χ0) is 24.8. The Morgan fingerprint density at radius 3 is 0.448 bits per heavy atom. The van der Waals surface area contributed by atoms with Crippen molar-refractivity contribution in [3.05, 3.63) is 0 Å². The van der Waals surface area contributed by atoms with E-state index < -0.39 is 15.2 Å². The van der Waals surface area contributed by atoms with Gasteiger partial charge in [-0.15, -0.1) is 0 Å². The van der Waals surface area contributed by atoms with Gasteiger partial charge >= 0.3 is 0 Å². The van der Waals surface area contributed by atoms with Crippen molar-refractivity contribution in [1.29, 1.82) is 21.0 Å². The van der Waals surface area contributed by atoms with Gasteiger partial charge < -0.3 is 0 Å². The number of nitriles is 4. The van der Waals surface area contributed by atoms with Gasteiger partial charge in [0.05, 0.1) is 0 Å². The Bertz CT molecular complexity index is 445. The Labute approximate surface area is 241 Å². The molecule has 0 unspecified atom stereocenters. The molecule has 0 aromatic heterocycles. The quantitative estimate of drug-likeness (QED) is 0.250. The zero-order valence-corrected chi connectivity index (χ0v) is 24.6. The van der Waals surface area contributed by atoms with E-state index in [2.05, 4.69) is 13.6 Å². The number of hydrogen-bond donors (Lipinski definition) is 0. The predicted octanol–water partition coefficient (Wildman–Crippen LogP) is 6.72. The Hall–Kier alpha value is 1.47. The van der Waals surface area contributed by atoms with Crippen molar-refractivity contribution in [3.63, 3.8) is 0 Å². The molecule has 0 heterocycles. The molecule has 0 atom stereocenters. The molecule has 0 aromatic carbocycles. The Balaban J connectivity index is -0.0000000415. The Morgan fingerprint density at radius 2 is 0.448 bits per heavy atom. The first kappa shape index (κ1) is 48.0. The summed E-state index contributed by atoms with van der Waals surface area (Å²) in [6.45, 7) is 9.00. The molecule has 0 saturated carbocycles. The van der Waals surface area contributed by atoms with Crippen molar-refractivity contribution in [3.8, 4) is 24.3 Å². The average Bonchev–Trinajstić information content (AvgIpc) is 2.57. The first-order chi connectivity index (χ1) is 12.2. The molecular weight excluding hydrogens is 817 g/mol. The smallest absolute Gasteiger partial charge is 0.281 e. The van der Waals surface area contributed by atoms with Crippen LogP contribution in [0, 0.1) is 45.3 Å². The number of nitrogens with zero attached hydrogens (tertiary/aromatic N) is 4. The fourth-order valence-corrected chi connectivity index (χ4v) is 0. The third kappa shape index (κ3) is 123. The molecule has 0 aliphatic heterocycles. The molecule has 162 valence electrons. The number of carbonyl (C=O) groups excluding carboxylic acids is 2. The topological polar surface area (TPSA) is 129 Å². The normalized spacial score (nSPS) is 8.83. The molecule has 0 saturated heterocycles. The molecule has 0 amide bonds. The van der Waals surface area contributed by atoms with Gasteiger partial charge in [-0.25, -0.2) is 0 Å². The number of hydrogen-bond acceptors (Lipinski definition) is 6. The summed E-state index contributed by atoms with van der Waals surface area (Å²) in [5, 5.41) is 31.0. The summed E-state index contributed by atoms with van der Waals surface area (Å²) in [6, 6.07) is 5.60. The van der Waals surface area contributed by atoms with Gasteiger partial charge in [-0.1, -0.05) is 139 Å². The first-order valence-corrected chi connectivity index (χ1v) is 9.11. The van der Waals surface area contributed by atoms with Crippen LogP contribution in [0.3, 0.4) is 0 Å². The third-order valence-electron chi connectivity index (χ3n) is 0.507. The van der Waals surface area contributed by atoms with Crippen molar-refractivity contribution < 1.29 is 30.7 Å². The van der Waals surface area contributed by atoms with E-state index in [0.717, 1.165) is 0 Å². The van der Waals surface area contributed by atoms with Crippen LogP contribution in [-0.4, -0.2) is 28.7 Å². The van der Waals surface area contributed by atoms with E-state index in [1.807, 2.05) is 0 Å². The first-order valence-electron chi connectivity index (χ1n) is 4.57. The van der Waals surface area contributed by atoms with E-state index in [0.29, 0.717) is 0 Å². The molecular formula is C10Cl12N4O2W. The second kappa shape index (κ2) is 27.5. The van der Waals surface area contributed by atoms with Crippen LogP contribution in [0.2, 0.25) is 0 Å². The van der Waals surface area contributed by atoms with Crippen molar-refractivity contribution in [1.82, 2.24) is 0 Å². The molecule has 6 nitrogen and oxygen atoms in total. The van der Waals surface area contributed by atoms with Crippen LogP contribution in [0.15, 0.2) is 0 Å². The van der Waals surface area contributed by atoms with Crippen LogP contribution >= 0.6 is 139 Å². The standard InChI is InChI=1S/4C2Cl3N.2CO.W/c4*3-2(4,5)1-6;2*1-2;. The van der Waals surface area contributed by atoms with Crippen LogP contribution in [0.4, 0.5) is 0 Å². The summed E-state index contributed by atoms with van der Waals surface area (Å²) in [5.74, 6) is 0. The van der Waals surface area contributed by atoms with Gasteiger partial charge in [-0.2, -0.15) is 21.0 Å². The molecule has 0 bridgehead atoms. The molecule has 0 rings (SSSR count). The molecule has 4 radical (unpaired) electrons. The molecule has 0 aromatic rings. The van der Waals surface area contributed by atoms with E-state index in [9.17, 15) is 0 Å². The van der Waals surface area contributed by atoms with Gasteiger partial charge in [-0.05, 0) is 0 Å². The molecule has 0 spiro atoms. The summed E-state index contributed by atoms with van der Waals surface area (Å²) in [5.41, 5.74) is 0. The van der Waals surface area contributed by atoms with Gasteiger partial charge in [0.25, 0.3) is 28.7 Å². The van der Waals surface area contributed by atoms with Gasteiger partial charge in [-0.3, -0.25) is 9.59 Å². The minimum Gasteiger partial charge on any atom is -0.281 e. The maximum Gasteiger partial charge on any atom is 0.281 e. The third-order valence-corrected chi connectivity index (χ3v) is 1.52. The summed E-state index contributed by atoms with van der Waals surface area (Å²) < 4.78 is -6.94. The summed E-state index contributed by atoms with van der Waals surface area (Å²) in [6.07, 6.45) is 0. The van der Waals surface area contributed by atoms with Crippen LogP contribution in [0.25, 0.3) is 0 Å². The van der Waals surface area contributed by atoms with E-state index >= 15 is 0 Å². The predicted molar refractivity (Wildman–Crippen MR) is 115 cm³/mol. The molecule has 0 fully saturated rings. The summed E-state index contributed by atoms with van der Waals surface area (Å²) >= 11 is 58.6. The molecule has 0 aliphatic carbocycles. The maximum absolute atomic E-state index is 7.76. The molecule has 29 heavy (non-hydrogen) atoms. The fraction of sp³-hybridized carbons (Fsp3) is 0.400. The van der Waals surface area contributed by atoms with E-state index in [-0.39, 0.29) is 21.1 Å². The van der Waals surface area contributed by atoms with Crippen LogP contribution in [0.1, 0.15) is 0 Å². The number of alkyl halides is 12. The minimum atomic E-state index is -1.74. The number of rotatable bonds is 0. The average molecular weight is 817 g/mol. The summed E-state index contributed by atoms with van der Waals surface area (Å²) in [4.78, 5) is 15.0. The zero-order valence-electron chi connectivity index (χ0n) is 12.5. The van der Waals surface area contributed by atoms with E-state index in [1.165, 1.54) is 24.3 Å². The summed E-state index contributed by atoms with van der Waals surface area (Å²) in [7, 11) is 0. The van der Waals surface area contributed by atoms with Gasteiger partial charge in [0.15, 0.2) is 0 Å². The van der Waals surface area contributed by atoms with E-state index in [1.54, 1.807) is 0 Å². The largest absolute Gasteiger partial charge is 0.281 e. The molecule has 0 aliphatic rings. The minimum absolute atomic E-state index is 0. The number of halogens is 12. The maximum atomic E-state index is 7.76. The van der Waals surface area contributed by atoms with Crippen LogP contribution in [0.5, 0.6) is 0 Å². The fourth-order valence-electron chi connectivity index (χ4n) is 0. The van der Waals surface area contributed by atoms with Crippen molar-refractivity contribution in [2.24, 2.45) is 0 Å². The van der Waals surface area contributed by atoms with Gasteiger partial charge in [0, 0.05) is 21.1 Å². The van der Waals surface area contributed by atoms with E-state index in [4.69, 9.17) is 170 Å². The van der Waals surface area contributed by atoms with Crippen molar-refractivity contribution in [2.45, 2.75) is 15.2 Å². The van der Waals surface area contributed by atoms with Gasteiger partial charge in [0.1, 0.15) is 24.3 Å². The second-order valence-corrected chi connectivity index (χ2v) is 11.6. The van der Waals surface area contributed by atoms with Crippen LogP contribution < -0.4 is 0 Å². The van der Waals surface area contributed by atoms with Crippen molar-refractivity contribution in [2.75, 3.05) is 0 Å². The second-order valence-electron chi connectivity index (χ2n) is 2.44. The Morgan fingerprint density at radius 1 is 0.414 bits per heavy atom.